The van der Waals surface area contributed by atoms with E-state index in [2.05, 4.69) is 15.4 Å². The van der Waals surface area contributed by atoms with Crippen molar-refractivity contribution in [3.05, 3.63) is 24.3 Å². The molecule has 0 bridgehead atoms. The highest BCUT2D eigenvalue weighted by molar-refractivity contribution is 8.13. The van der Waals surface area contributed by atoms with E-state index in [1.54, 1.807) is 12.1 Å². The fourth-order valence-corrected chi connectivity index (χ4v) is 2.10. The predicted octanol–water partition coefficient (Wildman–Crippen LogP) is 1.85. The van der Waals surface area contributed by atoms with Crippen molar-refractivity contribution in [1.29, 1.82) is 0 Å². The summed E-state index contributed by atoms with van der Waals surface area (Å²) in [7, 11) is 1.53. The van der Waals surface area contributed by atoms with Gasteiger partial charge in [-0.15, -0.1) is 10.2 Å². The first kappa shape index (κ1) is 13.0. The third kappa shape index (κ3) is 2.68. The lowest BCUT2D eigenvalue weighted by atomic mass is 10.2. The second-order valence-corrected chi connectivity index (χ2v) is 6.56. The number of hydrogen-bond acceptors (Lipinski definition) is 5. The zero-order chi connectivity index (χ0) is 13.3. The monoisotopic (exact) mass is 286 g/mol. The van der Waals surface area contributed by atoms with E-state index in [1.807, 2.05) is 13.8 Å². The van der Waals surface area contributed by atoms with Gasteiger partial charge in [-0.2, -0.15) is 4.80 Å². The third-order valence-electron chi connectivity index (χ3n) is 2.28. The molecule has 1 heterocycles. The van der Waals surface area contributed by atoms with Crippen molar-refractivity contribution in [2.24, 2.45) is 0 Å². The molecule has 8 heteroatoms. The zero-order valence-electron chi connectivity index (χ0n) is 9.78. The Morgan fingerprint density at radius 2 is 1.83 bits per heavy atom. The Morgan fingerprint density at radius 1 is 1.22 bits per heavy atom. The van der Waals surface area contributed by atoms with Crippen LogP contribution in [0.2, 0.25) is 0 Å². The minimum atomic E-state index is -3.70. The first-order chi connectivity index (χ1) is 8.38. The van der Waals surface area contributed by atoms with E-state index in [-0.39, 0.29) is 10.9 Å². The summed E-state index contributed by atoms with van der Waals surface area (Å²) in [6.07, 6.45) is 0. The Bertz CT molecular complexity index is 649. The molecule has 1 aromatic carbocycles. The van der Waals surface area contributed by atoms with Crippen molar-refractivity contribution in [1.82, 2.24) is 20.2 Å². The number of tetrazole rings is 1. The molecule has 6 nitrogen and oxygen atoms in total. The first-order valence-electron chi connectivity index (χ1n) is 5.22. The average Bonchev–Trinajstić information content (AvgIpc) is 2.77. The smallest absolute Gasteiger partial charge is 0.207 e. The summed E-state index contributed by atoms with van der Waals surface area (Å²) in [6, 6.07) is 6.13. The molecule has 0 fully saturated rings. The van der Waals surface area contributed by atoms with Gasteiger partial charge in [0.1, 0.15) is 0 Å². The molecule has 0 unspecified atom stereocenters. The van der Waals surface area contributed by atoms with Gasteiger partial charge in [-0.3, -0.25) is 0 Å². The molecule has 0 spiro atoms. The Morgan fingerprint density at radius 3 is 2.28 bits per heavy atom. The van der Waals surface area contributed by atoms with E-state index in [9.17, 15) is 8.42 Å². The van der Waals surface area contributed by atoms with Gasteiger partial charge in [0.15, 0.2) is 0 Å². The molecule has 2 rings (SSSR count). The zero-order valence-corrected chi connectivity index (χ0v) is 11.4. The van der Waals surface area contributed by atoms with E-state index < -0.39 is 9.05 Å². The van der Waals surface area contributed by atoms with Crippen LogP contribution in [0, 0.1) is 0 Å². The van der Waals surface area contributed by atoms with Crippen molar-refractivity contribution in [2.45, 2.75) is 24.8 Å². The minimum Gasteiger partial charge on any atom is -0.207 e. The maximum absolute atomic E-state index is 11.1. The van der Waals surface area contributed by atoms with Gasteiger partial charge >= 0.3 is 0 Å². The number of benzene rings is 1. The van der Waals surface area contributed by atoms with Gasteiger partial charge < -0.3 is 0 Å². The quantitative estimate of drug-likeness (QED) is 0.805. The van der Waals surface area contributed by atoms with Crippen LogP contribution in [0.5, 0.6) is 0 Å². The van der Waals surface area contributed by atoms with Gasteiger partial charge in [0, 0.05) is 16.2 Å². The van der Waals surface area contributed by atoms with Crippen molar-refractivity contribution in [3.8, 4) is 11.4 Å². The van der Waals surface area contributed by atoms with E-state index in [0.717, 1.165) is 0 Å². The van der Waals surface area contributed by atoms with Crippen LogP contribution in [0.25, 0.3) is 11.4 Å². The van der Waals surface area contributed by atoms with Gasteiger partial charge in [-0.25, -0.2) is 8.42 Å². The second kappa shape index (κ2) is 4.66. The fourth-order valence-electron chi connectivity index (χ4n) is 1.33. The lowest BCUT2D eigenvalue weighted by Gasteiger charge is -2.00. The molecule has 0 saturated heterocycles. The molecule has 0 radical (unpaired) electrons. The van der Waals surface area contributed by atoms with Gasteiger partial charge in [-0.1, -0.05) is 0 Å². The molecule has 18 heavy (non-hydrogen) atoms. The van der Waals surface area contributed by atoms with Crippen LogP contribution < -0.4 is 0 Å². The van der Waals surface area contributed by atoms with Crippen molar-refractivity contribution < 1.29 is 8.42 Å². The normalized spacial score (nSPS) is 12.0. The fraction of sp³-hybridized carbons (Fsp3) is 0.300. The molecule has 2 aromatic rings. The molecular formula is C10H11ClN4O2S. The van der Waals surface area contributed by atoms with Crippen LogP contribution in [0.3, 0.4) is 0 Å². The Balaban J connectivity index is 2.34. The Labute approximate surface area is 109 Å². The molecule has 0 aliphatic heterocycles. The summed E-state index contributed by atoms with van der Waals surface area (Å²) in [6.45, 7) is 3.88. The topological polar surface area (TPSA) is 77.7 Å². The summed E-state index contributed by atoms with van der Waals surface area (Å²) in [5.41, 5.74) is 0.686. The molecule has 96 valence electrons. The van der Waals surface area contributed by atoms with Gasteiger partial charge in [0.2, 0.25) is 5.82 Å². The maximum Gasteiger partial charge on any atom is 0.261 e. The van der Waals surface area contributed by atoms with Crippen molar-refractivity contribution in [3.63, 3.8) is 0 Å². The van der Waals surface area contributed by atoms with Crippen LogP contribution in [0.1, 0.15) is 19.9 Å². The average molecular weight is 287 g/mol. The maximum atomic E-state index is 11.1. The van der Waals surface area contributed by atoms with Crippen LogP contribution in [0.15, 0.2) is 29.2 Å². The molecule has 1 aromatic heterocycles. The van der Waals surface area contributed by atoms with E-state index >= 15 is 0 Å². The number of aromatic nitrogens is 4. The molecule has 0 aliphatic rings. The Kier molecular flexibility index (Phi) is 3.36. The second-order valence-electron chi connectivity index (χ2n) is 3.99. The molecule has 0 saturated carbocycles. The number of nitrogens with zero attached hydrogens (tertiary/aromatic N) is 4. The SMILES string of the molecule is CC(C)n1nnc(-c2ccc(S(=O)(=O)Cl)cc2)n1. The highest BCUT2D eigenvalue weighted by Gasteiger charge is 2.12. The van der Waals surface area contributed by atoms with Crippen LogP contribution in [-0.4, -0.2) is 28.6 Å². The number of hydrogen-bond donors (Lipinski definition) is 0. The molecule has 0 atom stereocenters. The van der Waals surface area contributed by atoms with Gasteiger partial charge in [0.25, 0.3) is 9.05 Å². The lowest BCUT2D eigenvalue weighted by molar-refractivity contribution is 0.455. The van der Waals surface area contributed by atoms with Crippen LogP contribution in [-0.2, 0) is 9.05 Å². The summed E-state index contributed by atoms with van der Waals surface area (Å²) in [4.78, 5) is 1.53. The summed E-state index contributed by atoms with van der Waals surface area (Å²) >= 11 is 0. The third-order valence-corrected chi connectivity index (χ3v) is 3.65. The molecule has 0 N–H and O–H groups in total. The summed E-state index contributed by atoms with van der Waals surface area (Å²) in [5.74, 6) is 0.447. The number of halogens is 1. The van der Waals surface area contributed by atoms with Gasteiger partial charge in [-0.05, 0) is 43.3 Å². The highest BCUT2D eigenvalue weighted by Crippen LogP contribution is 2.20. The minimum absolute atomic E-state index is 0.0455. The molecule has 0 amide bonds. The summed E-state index contributed by atoms with van der Waals surface area (Å²) in [5, 5.41) is 12.0. The van der Waals surface area contributed by atoms with E-state index in [1.165, 1.54) is 16.9 Å². The van der Waals surface area contributed by atoms with Crippen molar-refractivity contribution >= 4 is 19.7 Å². The van der Waals surface area contributed by atoms with Crippen LogP contribution in [0.4, 0.5) is 0 Å². The van der Waals surface area contributed by atoms with E-state index in [4.69, 9.17) is 10.7 Å². The highest BCUT2D eigenvalue weighted by atomic mass is 35.7. The first-order valence-corrected chi connectivity index (χ1v) is 7.53. The van der Waals surface area contributed by atoms with Gasteiger partial charge in [0.05, 0.1) is 10.9 Å². The predicted molar refractivity (Wildman–Crippen MR) is 66.7 cm³/mol. The lowest BCUT2D eigenvalue weighted by Crippen LogP contribution is -2.04. The van der Waals surface area contributed by atoms with E-state index in [0.29, 0.717) is 11.4 Å². The summed E-state index contributed by atoms with van der Waals surface area (Å²) < 4.78 is 22.2. The Hall–Kier alpha value is -1.47. The standard InChI is InChI=1S/C10H11ClN4O2S/c1-7(2)15-13-10(12-14-15)8-3-5-9(6-4-8)18(11,16)17/h3-7H,1-2H3. The van der Waals surface area contributed by atoms with Crippen LogP contribution >= 0.6 is 10.7 Å². The van der Waals surface area contributed by atoms with Crippen molar-refractivity contribution in [2.75, 3.05) is 0 Å². The molecule has 0 aliphatic carbocycles. The largest absolute Gasteiger partial charge is 0.261 e. The molecular weight excluding hydrogens is 276 g/mol. The number of rotatable bonds is 3.